The molecule has 2 fully saturated rings. The van der Waals surface area contributed by atoms with E-state index in [2.05, 4.69) is 38.9 Å². The zero-order chi connectivity index (χ0) is 19.1. The first-order chi connectivity index (χ1) is 13.1. The molecular weight excluding hydrogens is 344 g/mol. The number of ether oxygens (including phenoxy) is 1. The zero-order valence-corrected chi connectivity index (χ0v) is 16.5. The van der Waals surface area contributed by atoms with Gasteiger partial charge in [0.25, 0.3) is 0 Å². The van der Waals surface area contributed by atoms with E-state index in [1.807, 2.05) is 11.0 Å². The third-order valence-electron chi connectivity index (χ3n) is 5.20. The summed E-state index contributed by atoms with van der Waals surface area (Å²) in [7, 11) is 0. The summed E-state index contributed by atoms with van der Waals surface area (Å²) in [4.78, 5) is 27.7. The number of nitrogens with one attached hydrogen (secondary N) is 1. The van der Waals surface area contributed by atoms with Gasteiger partial charge in [-0.1, -0.05) is 13.8 Å². The van der Waals surface area contributed by atoms with E-state index in [9.17, 15) is 4.79 Å². The van der Waals surface area contributed by atoms with Gasteiger partial charge in [-0.2, -0.15) is 0 Å². The molecule has 1 atom stereocenters. The van der Waals surface area contributed by atoms with Gasteiger partial charge in [0.15, 0.2) is 0 Å². The van der Waals surface area contributed by atoms with Crippen LogP contribution in [0.2, 0.25) is 0 Å². The highest BCUT2D eigenvalue weighted by atomic mass is 16.5. The molecule has 1 aromatic heterocycles. The molecule has 2 saturated heterocycles. The fourth-order valence-electron chi connectivity index (χ4n) is 3.73. The molecule has 2 amide bonds. The Balaban J connectivity index is 1.46. The van der Waals surface area contributed by atoms with Crippen LogP contribution in [0.15, 0.2) is 18.5 Å². The quantitative estimate of drug-likeness (QED) is 0.800. The van der Waals surface area contributed by atoms with Gasteiger partial charge >= 0.3 is 6.03 Å². The third-order valence-corrected chi connectivity index (χ3v) is 5.20. The summed E-state index contributed by atoms with van der Waals surface area (Å²) in [5, 5.41) is 3.16. The van der Waals surface area contributed by atoms with Crippen molar-refractivity contribution < 1.29 is 9.53 Å². The van der Waals surface area contributed by atoms with Gasteiger partial charge in [0.1, 0.15) is 0 Å². The smallest absolute Gasteiger partial charge is 0.317 e. The van der Waals surface area contributed by atoms with E-state index in [0.717, 1.165) is 51.8 Å². The number of hydrogen-bond donors (Lipinski definition) is 1. The number of nitrogens with zero attached hydrogens (tertiary/aromatic N) is 5. The van der Waals surface area contributed by atoms with Crippen LogP contribution in [0.25, 0.3) is 0 Å². The van der Waals surface area contributed by atoms with Crippen molar-refractivity contribution in [3.8, 4) is 0 Å². The third kappa shape index (κ3) is 5.77. The summed E-state index contributed by atoms with van der Waals surface area (Å²) in [6, 6.07) is 2.22. The van der Waals surface area contributed by atoms with Crippen molar-refractivity contribution in [1.29, 1.82) is 0 Å². The van der Waals surface area contributed by atoms with Gasteiger partial charge in [0.05, 0.1) is 13.2 Å². The number of carbonyl (C=O) groups excluding carboxylic acids is 1. The molecule has 1 unspecified atom stereocenters. The van der Waals surface area contributed by atoms with Crippen molar-refractivity contribution in [3.05, 3.63) is 18.5 Å². The molecule has 3 rings (SSSR count). The van der Waals surface area contributed by atoms with E-state index < -0.39 is 0 Å². The zero-order valence-electron chi connectivity index (χ0n) is 16.5. The minimum Gasteiger partial charge on any atom is -0.379 e. The lowest BCUT2D eigenvalue weighted by molar-refractivity contribution is 0.0127. The second-order valence-electron chi connectivity index (χ2n) is 7.64. The van der Waals surface area contributed by atoms with Gasteiger partial charge in [0, 0.05) is 64.2 Å². The van der Waals surface area contributed by atoms with Crippen LogP contribution < -0.4 is 10.2 Å². The summed E-state index contributed by atoms with van der Waals surface area (Å²) in [5.41, 5.74) is 0. The van der Waals surface area contributed by atoms with Gasteiger partial charge in [-0.3, -0.25) is 4.90 Å². The number of piperazine rings is 1. The van der Waals surface area contributed by atoms with E-state index in [0.29, 0.717) is 31.6 Å². The standard InChI is InChI=1S/C19H32N6O2/c1-16(2)14-17(23-10-12-27-13-11-23)15-22-19(26)25-8-6-24(7-9-25)18-20-4-3-5-21-18/h3-5,16-17H,6-15H2,1-2H3,(H,22,26). The molecule has 0 spiro atoms. The van der Waals surface area contributed by atoms with Crippen LogP contribution in [-0.4, -0.2) is 90.9 Å². The molecule has 2 aliphatic rings. The Kier molecular flexibility index (Phi) is 7.23. The van der Waals surface area contributed by atoms with Crippen LogP contribution in [0, 0.1) is 5.92 Å². The first-order valence-corrected chi connectivity index (χ1v) is 10.00. The Morgan fingerprint density at radius 1 is 1.11 bits per heavy atom. The number of hydrogen-bond acceptors (Lipinski definition) is 6. The average Bonchev–Trinajstić information content (AvgIpc) is 2.72. The first kappa shape index (κ1) is 19.8. The summed E-state index contributed by atoms with van der Waals surface area (Å²) in [5.74, 6) is 1.34. The van der Waals surface area contributed by atoms with E-state index in [1.165, 1.54) is 0 Å². The lowest BCUT2D eigenvalue weighted by atomic mass is 10.0. The molecule has 0 radical (unpaired) electrons. The van der Waals surface area contributed by atoms with E-state index in [1.54, 1.807) is 12.4 Å². The topological polar surface area (TPSA) is 73.8 Å². The Bertz CT molecular complexity index is 571. The SMILES string of the molecule is CC(C)CC(CNC(=O)N1CCN(c2ncccn2)CC1)N1CCOCC1. The van der Waals surface area contributed by atoms with E-state index in [4.69, 9.17) is 4.74 Å². The number of amides is 2. The van der Waals surface area contributed by atoms with Gasteiger partial charge in [-0.15, -0.1) is 0 Å². The van der Waals surface area contributed by atoms with Crippen LogP contribution in [0.3, 0.4) is 0 Å². The highest BCUT2D eigenvalue weighted by Gasteiger charge is 2.25. The molecular formula is C19H32N6O2. The van der Waals surface area contributed by atoms with Crippen LogP contribution >= 0.6 is 0 Å². The molecule has 0 saturated carbocycles. The van der Waals surface area contributed by atoms with E-state index >= 15 is 0 Å². The maximum absolute atomic E-state index is 12.6. The number of anilines is 1. The largest absolute Gasteiger partial charge is 0.379 e. The summed E-state index contributed by atoms with van der Waals surface area (Å²) in [6.07, 6.45) is 4.59. The molecule has 27 heavy (non-hydrogen) atoms. The summed E-state index contributed by atoms with van der Waals surface area (Å²) in [6.45, 7) is 11.5. The predicted molar refractivity (Wildman–Crippen MR) is 105 cm³/mol. The summed E-state index contributed by atoms with van der Waals surface area (Å²) >= 11 is 0. The average molecular weight is 377 g/mol. The van der Waals surface area contributed by atoms with Gasteiger partial charge in [-0.05, 0) is 18.4 Å². The summed E-state index contributed by atoms with van der Waals surface area (Å²) < 4.78 is 5.47. The van der Waals surface area contributed by atoms with Crippen LogP contribution in [0.5, 0.6) is 0 Å². The second kappa shape index (κ2) is 9.85. The monoisotopic (exact) mass is 376 g/mol. The Morgan fingerprint density at radius 3 is 2.41 bits per heavy atom. The normalized spacial score (nSPS) is 20.0. The van der Waals surface area contributed by atoms with Crippen molar-refractivity contribution in [2.24, 2.45) is 5.92 Å². The molecule has 0 aliphatic carbocycles. The highest BCUT2D eigenvalue weighted by molar-refractivity contribution is 5.74. The molecule has 2 aliphatic heterocycles. The predicted octanol–water partition coefficient (Wildman–Crippen LogP) is 1.06. The highest BCUT2D eigenvalue weighted by Crippen LogP contribution is 2.14. The lowest BCUT2D eigenvalue weighted by Gasteiger charge is -2.37. The second-order valence-corrected chi connectivity index (χ2v) is 7.64. The first-order valence-electron chi connectivity index (χ1n) is 10.00. The minimum atomic E-state index is 0.0330. The van der Waals surface area contributed by atoms with Crippen molar-refractivity contribution in [2.45, 2.75) is 26.3 Å². The van der Waals surface area contributed by atoms with Crippen molar-refractivity contribution in [1.82, 2.24) is 25.1 Å². The number of aromatic nitrogens is 2. The number of carbonyl (C=O) groups is 1. The van der Waals surface area contributed by atoms with Crippen molar-refractivity contribution in [3.63, 3.8) is 0 Å². The molecule has 0 bridgehead atoms. The fraction of sp³-hybridized carbons (Fsp3) is 0.737. The lowest BCUT2D eigenvalue weighted by Crippen LogP contribution is -2.55. The van der Waals surface area contributed by atoms with Crippen LogP contribution in [0.4, 0.5) is 10.7 Å². The Labute approximate surface area is 161 Å². The van der Waals surface area contributed by atoms with Gasteiger partial charge in [0.2, 0.25) is 5.95 Å². The van der Waals surface area contributed by atoms with Crippen molar-refractivity contribution >= 4 is 12.0 Å². The van der Waals surface area contributed by atoms with Crippen LogP contribution in [0.1, 0.15) is 20.3 Å². The number of urea groups is 1. The molecule has 0 aromatic carbocycles. The van der Waals surface area contributed by atoms with Gasteiger partial charge < -0.3 is 19.9 Å². The maximum Gasteiger partial charge on any atom is 0.317 e. The molecule has 1 aromatic rings. The van der Waals surface area contributed by atoms with Crippen LogP contribution in [-0.2, 0) is 4.74 Å². The minimum absolute atomic E-state index is 0.0330. The Morgan fingerprint density at radius 2 is 1.78 bits per heavy atom. The maximum atomic E-state index is 12.6. The van der Waals surface area contributed by atoms with Gasteiger partial charge in [-0.25, -0.2) is 14.8 Å². The number of rotatable bonds is 6. The molecule has 8 heteroatoms. The Hall–Kier alpha value is -1.93. The van der Waals surface area contributed by atoms with E-state index in [-0.39, 0.29) is 6.03 Å². The molecule has 150 valence electrons. The fourth-order valence-corrected chi connectivity index (χ4v) is 3.73. The molecule has 3 heterocycles. The molecule has 8 nitrogen and oxygen atoms in total. The van der Waals surface area contributed by atoms with Crippen molar-refractivity contribution in [2.75, 3.05) is 63.9 Å². The molecule has 1 N–H and O–H groups in total. The number of morpholine rings is 1.